The van der Waals surface area contributed by atoms with Gasteiger partial charge in [-0.1, -0.05) is 48.5 Å². The van der Waals surface area contributed by atoms with Crippen LogP contribution in [0.3, 0.4) is 0 Å². The molecular formula is C24H26O. The van der Waals surface area contributed by atoms with Crippen LogP contribution in [0.15, 0.2) is 54.6 Å². The Hall–Kier alpha value is -2.54. The molecule has 0 atom stereocenters. The second kappa shape index (κ2) is 7.14. The number of hydrogen-bond donors (Lipinski definition) is 0. The Balaban J connectivity index is 1.88. The molecule has 1 nitrogen and oxygen atoms in total. The molecule has 0 aliphatic carbocycles. The maximum absolute atomic E-state index is 6.21. The largest absolute Gasteiger partial charge is 0.489 e. The molecule has 0 spiro atoms. The van der Waals surface area contributed by atoms with Gasteiger partial charge in [0.05, 0.1) is 0 Å². The fraction of sp³-hybridized carbons (Fsp3) is 0.250. The molecule has 0 amide bonds. The summed E-state index contributed by atoms with van der Waals surface area (Å²) in [6, 6.07) is 19.1. The predicted molar refractivity (Wildman–Crippen MR) is 106 cm³/mol. The second-order valence-corrected chi connectivity index (χ2v) is 6.81. The van der Waals surface area contributed by atoms with Gasteiger partial charge in [0.15, 0.2) is 0 Å². The minimum Gasteiger partial charge on any atom is -0.489 e. The fourth-order valence-corrected chi connectivity index (χ4v) is 3.25. The van der Waals surface area contributed by atoms with E-state index in [9.17, 15) is 0 Å². The summed E-state index contributed by atoms with van der Waals surface area (Å²) in [4.78, 5) is 0. The molecule has 0 aliphatic heterocycles. The Bertz CT molecular complexity index is 892. The van der Waals surface area contributed by atoms with Crippen molar-refractivity contribution in [1.29, 1.82) is 0 Å². The van der Waals surface area contributed by atoms with E-state index in [-0.39, 0.29) is 0 Å². The van der Waals surface area contributed by atoms with E-state index in [1.54, 1.807) is 0 Å². The highest BCUT2D eigenvalue weighted by Gasteiger charge is 2.10. The Labute approximate surface area is 151 Å². The zero-order chi connectivity index (χ0) is 18.0. The fourth-order valence-electron chi connectivity index (χ4n) is 3.25. The summed E-state index contributed by atoms with van der Waals surface area (Å²) < 4.78 is 6.21. The summed E-state index contributed by atoms with van der Waals surface area (Å²) in [5.41, 5.74) is 10.2. The molecule has 3 aromatic rings. The molecule has 0 unspecified atom stereocenters. The minimum atomic E-state index is 0.593. The molecule has 0 saturated carbocycles. The van der Waals surface area contributed by atoms with Crippen molar-refractivity contribution >= 4 is 0 Å². The molecule has 3 aromatic carbocycles. The molecule has 0 heterocycles. The van der Waals surface area contributed by atoms with Crippen LogP contribution >= 0.6 is 0 Å². The van der Waals surface area contributed by atoms with Gasteiger partial charge in [0.2, 0.25) is 0 Å². The molecule has 0 radical (unpaired) electrons. The van der Waals surface area contributed by atoms with E-state index in [1.807, 2.05) is 0 Å². The average molecular weight is 330 g/mol. The lowest BCUT2D eigenvalue weighted by Crippen LogP contribution is -2.02. The Kier molecular flexibility index (Phi) is 4.94. The van der Waals surface area contributed by atoms with Gasteiger partial charge < -0.3 is 4.74 Å². The van der Waals surface area contributed by atoms with Gasteiger partial charge in [-0.15, -0.1) is 0 Å². The van der Waals surface area contributed by atoms with Gasteiger partial charge in [-0.25, -0.2) is 0 Å². The Morgan fingerprint density at radius 2 is 1.40 bits per heavy atom. The van der Waals surface area contributed by atoms with E-state index in [0.717, 1.165) is 5.75 Å². The van der Waals surface area contributed by atoms with Crippen molar-refractivity contribution in [3.8, 4) is 16.9 Å². The first-order valence-electron chi connectivity index (χ1n) is 8.83. The van der Waals surface area contributed by atoms with Crippen molar-refractivity contribution in [2.24, 2.45) is 0 Å². The third kappa shape index (κ3) is 3.46. The topological polar surface area (TPSA) is 9.23 Å². The van der Waals surface area contributed by atoms with Crippen LogP contribution in [0.1, 0.15) is 33.4 Å². The van der Waals surface area contributed by atoms with Crippen molar-refractivity contribution in [3.63, 3.8) is 0 Å². The quantitative estimate of drug-likeness (QED) is 0.532. The van der Waals surface area contributed by atoms with E-state index in [2.05, 4.69) is 89.2 Å². The van der Waals surface area contributed by atoms with Crippen molar-refractivity contribution < 1.29 is 4.74 Å². The summed E-state index contributed by atoms with van der Waals surface area (Å²) in [5.74, 6) is 0.991. The van der Waals surface area contributed by atoms with Gasteiger partial charge in [-0.3, -0.25) is 0 Å². The van der Waals surface area contributed by atoms with Crippen molar-refractivity contribution in [2.45, 2.75) is 41.2 Å². The number of ether oxygens (including phenoxy) is 1. The lowest BCUT2D eigenvalue weighted by molar-refractivity contribution is 0.303. The number of rotatable bonds is 4. The van der Waals surface area contributed by atoms with E-state index in [4.69, 9.17) is 4.74 Å². The van der Waals surface area contributed by atoms with Crippen LogP contribution in [0, 0.1) is 34.6 Å². The number of aryl methyl sites for hydroxylation is 1. The van der Waals surface area contributed by atoms with Gasteiger partial charge in [-0.05, 0) is 85.2 Å². The van der Waals surface area contributed by atoms with Gasteiger partial charge in [-0.2, -0.15) is 0 Å². The monoisotopic (exact) mass is 330 g/mol. The Morgan fingerprint density at radius 1 is 0.680 bits per heavy atom. The molecule has 0 fully saturated rings. The smallest absolute Gasteiger partial charge is 0.123 e. The van der Waals surface area contributed by atoms with Crippen molar-refractivity contribution in [2.75, 3.05) is 0 Å². The molecule has 0 bridgehead atoms. The van der Waals surface area contributed by atoms with E-state index >= 15 is 0 Å². The maximum Gasteiger partial charge on any atom is 0.123 e. The van der Waals surface area contributed by atoms with Gasteiger partial charge >= 0.3 is 0 Å². The highest BCUT2D eigenvalue weighted by atomic mass is 16.5. The minimum absolute atomic E-state index is 0.593. The number of hydrogen-bond acceptors (Lipinski definition) is 1. The summed E-state index contributed by atoms with van der Waals surface area (Å²) in [6.07, 6.45) is 0. The van der Waals surface area contributed by atoms with Crippen LogP contribution < -0.4 is 4.74 Å². The lowest BCUT2D eigenvalue weighted by Gasteiger charge is -2.17. The van der Waals surface area contributed by atoms with Crippen LogP contribution in [0.25, 0.3) is 11.1 Å². The first kappa shape index (κ1) is 17.3. The summed E-state index contributed by atoms with van der Waals surface area (Å²) in [7, 11) is 0. The molecule has 0 N–H and O–H groups in total. The van der Waals surface area contributed by atoms with Gasteiger partial charge in [0.1, 0.15) is 12.4 Å². The average Bonchev–Trinajstić information content (AvgIpc) is 2.63. The summed E-state index contributed by atoms with van der Waals surface area (Å²) in [5, 5.41) is 0. The molecule has 0 aliphatic rings. The molecule has 128 valence electrons. The summed E-state index contributed by atoms with van der Waals surface area (Å²) >= 11 is 0. The summed E-state index contributed by atoms with van der Waals surface area (Å²) in [6.45, 7) is 11.4. The van der Waals surface area contributed by atoms with Crippen LogP contribution in [0.2, 0.25) is 0 Å². The zero-order valence-electron chi connectivity index (χ0n) is 15.8. The SMILES string of the molecule is Cc1cc(OCc2cccc(-c3ccccc3)c2C)c(C)c(C)c1C. The predicted octanol–water partition coefficient (Wildman–Crippen LogP) is 6.47. The third-order valence-electron chi connectivity index (χ3n) is 5.35. The molecule has 25 heavy (non-hydrogen) atoms. The molecule has 3 rings (SSSR count). The second-order valence-electron chi connectivity index (χ2n) is 6.81. The highest BCUT2D eigenvalue weighted by molar-refractivity contribution is 5.68. The lowest BCUT2D eigenvalue weighted by atomic mass is 9.96. The number of benzene rings is 3. The van der Waals surface area contributed by atoms with Crippen LogP contribution in [0.4, 0.5) is 0 Å². The first-order chi connectivity index (χ1) is 12.0. The van der Waals surface area contributed by atoms with Crippen LogP contribution in [-0.2, 0) is 6.61 Å². The van der Waals surface area contributed by atoms with Gasteiger partial charge in [0, 0.05) is 0 Å². The molecule has 0 saturated heterocycles. The van der Waals surface area contributed by atoms with Crippen molar-refractivity contribution in [3.05, 3.63) is 88.0 Å². The zero-order valence-corrected chi connectivity index (χ0v) is 15.8. The Morgan fingerprint density at radius 3 is 2.12 bits per heavy atom. The highest BCUT2D eigenvalue weighted by Crippen LogP contribution is 2.29. The van der Waals surface area contributed by atoms with E-state index in [0.29, 0.717) is 6.61 Å². The van der Waals surface area contributed by atoms with E-state index in [1.165, 1.54) is 44.5 Å². The van der Waals surface area contributed by atoms with Gasteiger partial charge in [0.25, 0.3) is 0 Å². The molecule has 0 aromatic heterocycles. The van der Waals surface area contributed by atoms with E-state index < -0.39 is 0 Å². The standard InChI is InChI=1S/C24H26O/c1-16-14-24(19(4)18(3)17(16)2)25-15-22-12-9-13-23(20(22)5)21-10-7-6-8-11-21/h6-14H,15H2,1-5H3. The van der Waals surface area contributed by atoms with Crippen LogP contribution in [-0.4, -0.2) is 0 Å². The first-order valence-corrected chi connectivity index (χ1v) is 8.83. The molecule has 1 heteroatoms. The van der Waals surface area contributed by atoms with Crippen molar-refractivity contribution in [1.82, 2.24) is 0 Å². The normalized spacial score (nSPS) is 10.8. The maximum atomic E-state index is 6.21. The third-order valence-corrected chi connectivity index (χ3v) is 5.35. The van der Waals surface area contributed by atoms with Crippen LogP contribution in [0.5, 0.6) is 5.75 Å². The molecular weight excluding hydrogens is 304 g/mol.